The largest absolute Gasteiger partial charge is 0.353 e. The molecule has 0 spiro atoms. The fourth-order valence-corrected chi connectivity index (χ4v) is 4.42. The zero-order valence-corrected chi connectivity index (χ0v) is 17.5. The minimum atomic E-state index is 0.114. The molecule has 2 atom stereocenters. The molecule has 6 heteroatoms. The van der Waals surface area contributed by atoms with Gasteiger partial charge in [0.05, 0.1) is 23.4 Å². The number of nitrogens with zero attached hydrogens (tertiary/aromatic N) is 4. The molecule has 0 saturated heterocycles. The number of pyridine rings is 1. The zero-order chi connectivity index (χ0) is 21.2. The van der Waals surface area contributed by atoms with E-state index in [9.17, 15) is 4.79 Å². The summed E-state index contributed by atoms with van der Waals surface area (Å²) < 4.78 is 2.02. The summed E-state index contributed by atoms with van der Waals surface area (Å²) in [6, 6.07) is 19.3. The van der Waals surface area contributed by atoms with Crippen LogP contribution < -0.4 is 5.32 Å². The number of benzene rings is 2. The Hall–Kier alpha value is -3.54. The summed E-state index contributed by atoms with van der Waals surface area (Å²) in [5, 5.41) is 12.8. The van der Waals surface area contributed by atoms with Crippen LogP contribution in [0.4, 0.5) is 0 Å². The Kier molecular flexibility index (Phi) is 5.20. The second-order valence-corrected chi connectivity index (χ2v) is 8.14. The van der Waals surface area contributed by atoms with E-state index in [1.165, 1.54) is 0 Å². The quantitative estimate of drug-likeness (QED) is 0.513. The normalized spacial score (nSPS) is 18.4. The minimum absolute atomic E-state index is 0.114. The fourth-order valence-electron chi connectivity index (χ4n) is 4.42. The van der Waals surface area contributed by atoms with Crippen LogP contribution >= 0.6 is 0 Å². The Labute approximate surface area is 181 Å². The number of rotatable bonds is 5. The molecule has 0 unspecified atom stereocenters. The molecule has 1 N–H and O–H groups in total. The molecule has 156 valence electrons. The highest BCUT2D eigenvalue weighted by molar-refractivity contribution is 5.83. The van der Waals surface area contributed by atoms with Gasteiger partial charge in [0.2, 0.25) is 5.91 Å². The second-order valence-electron chi connectivity index (χ2n) is 8.14. The summed E-state index contributed by atoms with van der Waals surface area (Å²) in [6.07, 6.45) is 7.13. The Balaban J connectivity index is 1.36. The summed E-state index contributed by atoms with van der Waals surface area (Å²) in [5.41, 5.74) is 5.33. The molecular formula is C25H25N5O. The van der Waals surface area contributed by atoms with E-state index in [1.54, 1.807) is 0 Å². The monoisotopic (exact) mass is 411 g/mol. The van der Waals surface area contributed by atoms with Gasteiger partial charge in [-0.2, -0.15) is 0 Å². The van der Waals surface area contributed by atoms with Crippen LogP contribution in [-0.4, -0.2) is 31.9 Å². The lowest BCUT2D eigenvalue weighted by Gasteiger charge is -2.15. The lowest BCUT2D eigenvalue weighted by atomic mass is 10.0. The number of carbonyl (C=O) groups is 1. The van der Waals surface area contributed by atoms with Crippen LogP contribution in [0, 0.1) is 0 Å². The van der Waals surface area contributed by atoms with E-state index in [0.717, 1.165) is 52.5 Å². The first-order valence-electron chi connectivity index (χ1n) is 10.9. The molecule has 5 rings (SSSR count). The standard InChI is InChI=1S/C25H25N5O/c1-2-25(31)28-21-11-12-22(14-21)30-24(16-27-29-30)18-9-7-17(8-10-18)20-13-19-5-3-4-6-23(19)26-15-20/h3-10,13,15-16,21-22H,2,11-12,14H2,1H3,(H,28,31)/t21-,22+/m0/s1. The second kappa shape index (κ2) is 8.30. The third-order valence-corrected chi connectivity index (χ3v) is 6.12. The Morgan fingerprint density at radius 1 is 1.03 bits per heavy atom. The van der Waals surface area contributed by atoms with Gasteiger partial charge in [-0.25, -0.2) is 4.68 Å². The topological polar surface area (TPSA) is 72.7 Å². The molecule has 1 aliphatic carbocycles. The van der Waals surface area contributed by atoms with Crippen LogP contribution in [0.3, 0.4) is 0 Å². The lowest BCUT2D eigenvalue weighted by molar-refractivity contribution is -0.121. The van der Waals surface area contributed by atoms with E-state index in [4.69, 9.17) is 0 Å². The molecule has 0 bridgehead atoms. The molecule has 1 amide bonds. The smallest absolute Gasteiger partial charge is 0.219 e. The molecule has 2 aromatic carbocycles. The average Bonchev–Trinajstić information content (AvgIpc) is 3.48. The van der Waals surface area contributed by atoms with E-state index in [0.29, 0.717) is 6.42 Å². The summed E-state index contributed by atoms with van der Waals surface area (Å²) in [5.74, 6) is 0.114. The van der Waals surface area contributed by atoms with Gasteiger partial charge in [-0.15, -0.1) is 5.10 Å². The number of amides is 1. The first kappa shape index (κ1) is 19.4. The van der Waals surface area contributed by atoms with Crippen LogP contribution in [0.5, 0.6) is 0 Å². The Bertz CT molecular complexity index is 1210. The molecule has 1 saturated carbocycles. The van der Waals surface area contributed by atoms with Crippen molar-refractivity contribution in [3.05, 3.63) is 67.0 Å². The average molecular weight is 412 g/mol. The first-order valence-corrected chi connectivity index (χ1v) is 10.9. The van der Waals surface area contributed by atoms with E-state index in [1.807, 2.05) is 42.2 Å². The molecule has 6 nitrogen and oxygen atoms in total. The van der Waals surface area contributed by atoms with Crippen LogP contribution in [-0.2, 0) is 4.79 Å². The van der Waals surface area contributed by atoms with E-state index in [-0.39, 0.29) is 18.0 Å². The van der Waals surface area contributed by atoms with Crippen molar-refractivity contribution in [2.45, 2.75) is 44.7 Å². The van der Waals surface area contributed by atoms with Crippen molar-refractivity contribution in [2.75, 3.05) is 0 Å². The van der Waals surface area contributed by atoms with E-state index >= 15 is 0 Å². The summed E-state index contributed by atoms with van der Waals surface area (Å²) >= 11 is 0. The van der Waals surface area contributed by atoms with Crippen molar-refractivity contribution in [1.82, 2.24) is 25.3 Å². The highest BCUT2D eigenvalue weighted by atomic mass is 16.1. The van der Waals surface area contributed by atoms with Crippen molar-refractivity contribution in [1.29, 1.82) is 0 Å². The minimum Gasteiger partial charge on any atom is -0.353 e. The predicted molar refractivity (Wildman–Crippen MR) is 121 cm³/mol. The van der Waals surface area contributed by atoms with E-state index in [2.05, 4.69) is 57.0 Å². The molecular weight excluding hydrogens is 386 g/mol. The van der Waals surface area contributed by atoms with Gasteiger partial charge >= 0.3 is 0 Å². The highest BCUT2D eigenvalue weighted by Crippen LogP contribution is 2.33. The number of carbonyl (C=O) groups excluding carboxylic acids is 1. The van der Waals surface area contributed by atoms with Gasteiger partial charge in [0, 0.05) is 35.2 Å². The third-order valence-electron chi connectivity index (χ3n) is 6.12. The zero-order valence-electron chi connectivity index (χ0n) is 17.5. The van der Waals surface area contributed by atoms with Crippen LogP contribution in [0.2, 0.25) is 0 Å². The number of para-hydroxylation sites is 1. The molecule has 0 radical (unpaired) electrons. The number of fused-ring (bicyclic) bond motifs is 1. The van der Waals surface area contributed by atoms with Crippen molar-refractivity contribution < 1.29 is 4.79 Å². The molecule has 0 aliphatic heterocycles. The van der Waals surface area contributed by atoms with Gasteiger partial charge < -0.3 is 5.32 Å². The number of hydrogen-bond donors (Lipinski definition) is 1. The first-order chi connectivity index (χ1) is 15.2. The molecule has 2 aromatic heterocycles. The van der Waals surface area contributed by atoms with E-state index < -0.39 is 0 Å². The number of aromatic nitrogens is 4. The van der Waals surface area contributed by atoms with Gasteiger partial charge in [-0.1, -0.05) is 54.6 Å². The summed E-state index contributed by atoms with van der Waals surface area (Å²) in [7, 11) is 0. The van der Waals surface area contributed by atoms with Crippen molar-refractivity contribution in [3.8, 4) is 22.4 Å². The van der Waals surface area contributed by atoms with Crippen LogP contribution in [0.25, 0.3) is 33.3 Å². The van der Waals surface area contributed by atoms with Crippen molar-refractivity contribution in [2.24, 2.45) is 0 Å². The van der Waals surface area contributed by atoms with Crippen molar-refractivity contribution in [3.63, 3.8) is 0 Å². The molecule has 2 heterocycles. The van der Waals surface area contributed by atoms with Gasteiger partial charge in [0.1, 0.15) is 0 Å². The number of nitrogens with one attached hydrogen (secondary N) is 1. The Morgan fingerprint density at radius 3 is 2.68 bits per heavy atom. The lowest BCUT2D eigenvalue weighted by Crippen LogP contribution is -2.32. The molecule has 31 heavy (non-hydrogen) atoms. The van der Waals surface area contributed by atoms with Gasteiger partial charge in [0.15, 0.2) is 0 Å². The maximum Gasteiger partial charge on any atom is 0.219 e. The Morgan fingerprint density at radius 2 is 1.84 bits per heavy atom. The highest BCUT2D eigenvalue weighted by Gasteiger charge is 2.29. The van der Waals surface area contributed by atoms with Crippen LogP contribution in [0.1, 0.15) is 38.6 Å². The fraction of sp³-hybridized carbons (Fsp3) is 0.280. The molecule has 4 aromatic rings. The van der Waals surface area contributed by atoms with Gasteiger partial charge in [-0.05, 0) is 37.0 Å². The van der Waals surface area contributed by atoms with Crippen LogP contribution in [0.15, 0.2) is 67.0 Å². The SMILES string of the molecule is CCC(=O)N[C@H]1CC[C@@H](n2nncc2-c2ccc(-c3cnc4ccccc4c3)cc2)C1. The number of hydrogen-bond acceptors (Lipinski definition) is 4. The maximum absolute atomic E-state index is 11.7. The molecule has 1 fully saturated rings. The third kappa shape index (κ3) is 3.93. The van der Waals surface area contributed by atoms with Gasteiger partial charge in [0.25, 0.3) is 0 Å². The predicted octanol–water partition coefficient (Wildman–Crippen LogP) is 4.78. The van der Waals surface area contributed by atoms with Gasteiger partial charge in [-0.3, -0.25) is 9.78 Å². The summed E-state index contributed by atoms with van der Waals surface area (Å²) in [6.45, 7) is 1.88. The maximum atomic E-state index is 11.7. The van der Waals surface area contributed by atoms with Crippen molar-refractivity contribution >= 4 is 16.8 Å². The summed E-state index contributed by atoms with van der Waals surface area (Å²) in [4.78, 5) is 16.3. The molecule has 1 aliphatic rings.